The Morgan fingerprint density at radius 1 is 1.16 bits per heavy atom. The fraction of sp³-hybridized carbons (Fsp3) is 0.500. The van der Waals surface area contributed by atoms with Crippen molar-refractivity contribution >= 4 is 5.91 Å². The Hall–Kier alpha value is -2.14. The number of rotatable bonds is 6. The van der Waals surface area contributed by atoms with Crippen LogP contribution in [0.5, 0.6) is 0 Å². The van der Waals surface area contributed by atoms with Crippen LogP contribution in [0.25, 0.3) is 5.69 Å². The van der Waals surface area contributed by atoms with Gasteiger partial charge in [0, 0.05) is 31.4 Å². The van der Waals surface area contributed by atoms with E-state index >= 15 is 0 Å². The molecule has 1 amide bonds. The molecule has 1 aromatic heterocycles. The van der Waals surface area contributed by atoms with Crippen LogP contribution in [0.4, 0.5) is 0 Å². The van der Waals surface area contributed by atoms with E-state index in [-0.39, 0.29) is 5.91 Å². The molecular weight excluding hydrogens is 312 g/mol. The van der Waals surface area contributed by atoms with Crippen LogP contribution in [0.1, 0.15) is 37.7 Å². The van der Waals surface area contributed by atoms with E-state index in [1.165, 1.54) is 19.3 Å². The summed E-state index contributed by atoms with van der Waals surface area (Å²) in [6, 6.07) is 10.5. The molecule has 0 aliphatic heterocycles. The third-order valence-corrected chi connectivity index (χ3v) is 5.03. The van der Waals surface area contributed by atoms with Crippen molar-refractivity contribution in [3.63, 3.8) is 0 Å². The van der Waals surface area contributed by atoms with Gasteiger partial charge in [0.2, 0.25) is 5.91 Å². The van der Waals surface area contributed by atoms with Gasteiger partial charge < -0.3 is 4.90 Å². The quantitative estimate of drug-likeness (QED) is 0.811. The first-order chi connectivity index (χ1) is 12.1. The topological polar surface area (TPSA) is 41.4 Å². The van der Waals surface area contributed by atoms with Crippen LogP contribution in [-0.2, 0) is 11.3 Å². The highest BCUT2D eigenvalue weighted by molar-refractivity contribution is 5.78. The number of aromatic nitrogens is 2. The molecule has 0 N–H and O–H groups in total. The van der Waals surface area contributed by atoms with E-state index in [4.69, 9.17) is 0 Å². The Morgan fingerprint density at radius 2 is 1.88 bits per heavy atom. The zero-order valence-corrected chi connectivity index (χ0v) is 15.3. The largest absolute Gasteiger partial charge is 0.342 e. The Kier molecular flexibility index (Phi) is 5.87. The maximum absolute atomic E-state index is 12.5. The second-order valence-corrected chi connectivity index (χ2v) is 7.10. The van der Waals surface area contributed by atoms with E-state index in [1.807, 2.05) is 66.4 Å². The second-order valence-electron chi connectivity index (χ2n) is 7.10. The molecule has 1 aliphatic rings. The number of para-hydroxylation sites is 1. The van der Waals surface area contributed by atoms with Crippen LogP contribution >= 0.6 is 0 Å². The average Bonchev–Trinajstić information content (AvgIpc) is 3.10. The number of nitrogens with zero attached hydrogens (tertiary/aromatic N) is 4. The van der Waals surface area contributed by atoms with Gasteiger partial charge in [0.05, 0.1) is 18.4 Å². The van der Waals surface area contributed by atoms with Crippen LogP contribution in [0.15, 0.2) is 42.7 Å². The highest BCUT2D eigenvalue weighted by atomic mass is 16.2. The van der Waals surface area contributed by atoms with Crippen molar-refractivity contribution in [1.82, 2.24) is 19.6 Å². The zero-order valence-electron chi connectivity index (χ0n) is 15.3. The lowest BCUT2D eigenvalue weighted by molar-refractivity contribution is -0.133. The van der Waals surface area contributed by atoms with Gasteiger partial charge in [-0.1, -0.05) is 37.5 Å². The molecule has 134 valence electrons. The van der Waals surface area contributed by atoms with Crippen molar-refractivity contribution in [3.8, 4) is 5.69 Å². The lowest BCUT2D eigenvalue weighted by Crippen LogP contribution is -2.43. The highest BCUT2D eigenvalue weighted by Crippen LogP contribution is 2.21. The zero-order chi connectivity index (χ0) is 17.6. The van der Waals surface area contributed by atoms with Gasteiger partial charge in [0.15, 0.2) is 0 Å². The first-order valence-electron chi connectivity index (χ1n) is 9.16. The van der Waals surface area contributed by atoms with Crippen molar-refractivity contribution in [2.75, 3.05) is 20.6 Å². The summed E-state index contributed by atoms with van der Waals surface area (Å²) in [5, 5.41) is 4.42. The first-order valence-corrected chi connectivity index (χ1v) is 9.16. The van der Waals surface area contributed by atoms with Crippen LogP contribution in [0, 0.1) is 0 Å². The molecule has 1 aromatic carbocycles. The van der Waals surface area contributed by atoms with E-state index < -0.39 is 0 Å². The molecule has 1 aliphatic carbocycles. The maximum atomic E-state index is 12.5. The number of hydrogen-bond acceptors (Lipinski definition) is 3. The first kappa shape index (κ1) is 17.7. The molecule has 3 rings (SSSR count). The molecule has 5 heteroatoms. The molecule has 0 atom stereocenters. The van der Waals surface area contributed by atoms with E-state index in [2.05, 4.69) is 10.00 Å². The standard InChI is InChI=1S/C20H28N4O/c1-22(16-20(25)23(2)18-9-5-3-6-10-18)14-17-13-21-24(15-17)19-11-7-4-8-12-19/h4,7-8,11-13,15,18H,3,5-6,9-10,14,16H2,1-2H3. The third-order valence-electron chi connectivity index (χ3n) is 5.03. The predicted molar refractivity (Wildman–Crippen MR) is 99.5 cm³/mol. The van der Waals surface area contributed by atoms with E-state index in [0.29, 0.717) is 12.6 Å². The Balaban J connectivity index is 1.53. The molecule has 0 radical (unpaired) electrons. The summed E-state index contributed by atoms with van der Waals surface area (Å²) in [7, 11) is 3.95. The molecule has 2 aromatic rings. The summed E-state index contributed by atoms with van der Waals surface area (Å²) in [4.78, 5) is 16.6. The normalized spacial score (nSPS) is 15.5. The number of likely N-dealkylation sites (N-methyl/N-ethyl adjacent to an activating group) is 2. The van der Waals surface area contributed by atoms with Gasteiger partial charge in [-0.05, 0) is 32.0 Å². The van der Waals surface area contributed by atoms with Crippen molar-refractivity contribution in [2.24, 2.45) is 0 Å². The van der Waals surface area contributed by atoms with Crippen LogP contribution in [0.3, 0.4) is 0 Å². The Morgan fingerprint density at radius 3 is 2.60 bits per heavy atom. The number of benzene rings is 1. The van der Waals surface area contributed by atoms with Crippen molar-refractivity contribution in [2.45, 2.75) is 44.7 Å². The number of hydrogen-bond donors (Lipinski definition) is 0. The molecule has 0 unspecified atom stereocenters. The lowest BCUT2D eigenvalue weighted by Gasteiger charge is -2.32. The van der Waals surface area contributed by atoms with Crippen molar-refractivity contribution < 1.29 is 4.79 Å². The summed E-state index contributed by atoms with van der Waals surface area (Å²) in [5.74, 6) is 0.213. The van der Waals surface area contributed by atoms with Crippen molar-refractivity contribution in [3.05, 3.63) is 48.3 Å². The summed E-state index contributed by atoms with van der Waals surface area (Å²) >= 11 is 0. The Labute approximate surface area is 150 Å². The average molecular weight is 340 g/mol. The SMILES string of the molecule is CN(CC(=O)N(C)C1CCCCC1)Cc1cnn(-c2ccccc2)c1. The van der Waals surface area contributed by atoms with Crippen LogP contribution in [0.2, 0.25) is 0 Å². The third kappa shape index (κ3) is 4.69. The summed E-state index contributed by atoms with van der Waals surface area (Å²) in [5.41, 5.74) is 2.16. The number of amides is 1. The molecular formula is C20H28N4O. The Bertz CT molecular complexity index is 676. The van der Waals surface area contributed by atoms with E-state index in [1.54, 1.807) is 0 Å². The molecule has 25 heavy (non-hydrogen) atoms. The van der Waals surface area contributed by atoms with Gasteiger partial charge in [-0.2, -0.15) is 5.10 Å². The molecule has 0 spiro atoms. The second kappa shape index (κ2) is 8.30. The van der Waals surface area contributed by atoms with Gasteiger partial charge in [0.25, 0.3) is 0 Å². The summed E-state index contributed by atoms with van der Waals surface area (Å²) in [6.45, 7) is 1.17. The molecule has 1 fully saturated rings. The smallest absolute Gasteiger partial charge is 0.236 e. The van der Waals surface area contributed by atoms with Gasteiger partial charge in [0.1, 0.15) is 0 Å². The van der Waals surface area contributed by atoms with E-state index in [0.717, 1.165) is 30.6 Å². The van der Waals surface area contributed by atoms with Gasteiger partial charge in [-0.3, -0.25) is 9.69 Å². The van der Waals surface area contributed by atoms with Gasteiger partial charge >= 0.3 is 0 Å². The number of carbonyl (C=O) groups excluding carboxylic acids is 1. The maximum Gasteiger partial charge on any atom is 0.236 e. The monoisotopic (exact) mass is 340 g/mol. The molecule has 1 heterocycles. The van der Waals surface area contributed by atoms with Gasteiger partial charge in [-0.15, -0.1) is 0 Å². The van der Waals surface area contributed by atoms with Crippen molar-refractivity contribution in [1.29, 1.82) is 0 Å². The number of carbonyl (C=O) groups is 1. The predicted octanol–water partition coefficient (Wildman–Crippen LogP) is 3.10. The molecule has 0 saturated heterocycles. The highest BCUT2D eigenvalue weighted by Gasteiger charge is 2.22. The molecule has 0 bridgehead atoms. The minimum Gasteiger partial charge on any atom is -0.342 e. The summed E-state index contributed by atoms with van der Waals surface area (Å²) < 4.78 is 1.87. The summed E-state index contributed by atoms with van der Waals surface area (Å²) in [6.07, 6.45) is 10.0. The minimum absolute atomic E-state index is 0.213. The fourth-order valence-corrected chi connectivity index (χ4v) is 3.55. The van der Waals surface area contributed by atoms with Gasteiger partial charge in [-0.25, -0.2) is 4.68 Å². The fourth-order valence-electron chi connectivity index (χ4n) is 3.55. The van der Waals surface area contributed by atoms with Crippen LogP contribution in [-0.4, -0.2) is 52.2 Å². The lowest BCUT2D eigenvalue weighted by atomic mass is 9.94. The van der Waals surface area contributed by atoms with E-state index in [9.17, 15) is 4.79 Å². The minimum atomic E-state index is 0.213. The van der Waals surface area contributed by atoms with Crippen LogP contribution < -0.4 is 0 Å². The molecule has 1 saturated carbocycles. The molecule has 5 nitrogen and oxygen atoms in total.